The SMILES string of the molecule is Cc1c(NC(=O)C[NH+]2CCN(c3ccc(O)cc3)CC2)c(=O)n(-c2ccccc2)n1C. The van der Waals surface area contributed by atoms with E-state index >= 15 is 0 Å². The number of nitrogens with zero attached hydrogens (tertiary/aromatic N) is 3. The van der Waals surface area contributed by atoms with Gasteiger partial charge in [-0.2, -0.15) is 0 Å². The fourth-order valence-electron chi connectivity index (χ4n) is 4.04. The highest BCUT2D eigenvalue weighted by molar-refractivity contribution is 5.91. The summed E-state index contributed by atoms with van der Waals surface area (Å²) in [6.07, 6.45) is 0. The number of hydrogen-bond donors (Lipinski definition) is 3. The summed E-state index contributed by atoms with van der Waals surface area (Å²) in [6.45, 7) is 5.48. The third-order valence-corrected chi connectivity index (χ3v) is 5.91. The number of phenols is 1. The van der Waals surface area contributed by atoms with Crippen LogP contribution in [-0.2, 0) is 11.8 Å². The Morgan fingerprint density at radius 1 is 1.03 bits per heavy atom. The van der Waals surface area contributed by atoms with Crippen molar-refractivity contribution in [3.8, 4) is 11.4 Å². The van der Waals surface area contributed by atoms with E-state index in [0.717, 1.165) is 37.6 Å². The minimum atomic E-state index is -0.230. The maximum absolute atomic E-state index is 13.0. The summed E-state index contributed by atoms with van der Waals surface area (Å²) in [6, 6.07) is 16.6. The molecule has 0 spiro atoms. The topological polar surface area (TPSA) is 83.9 Å². The van der Waals surface area contributed by atoms with Crippen LogP contribution in [0.5, 0.6) is 5.75 Å². The summed E-state index contributed by atoms with van der Waals surface area (Å²) in [4.78, 5) is 29.1. The number of piperazine rings is 1. The van der Waals surface area contributed by atoms with E-state index in [-0.39, 0.29) is 17.2 Å². The second kappa shape index (κ2) is 8.69. The number of nitrogens with one attached hydrogen (secondary N) is 2. The van der Waals surface area contributed by atoms with Gasteiger partial charge < -0.3 is 20.2 Å². The number of amides is 1. The Labute approximate surface area is 180 Å². The Bertz CT molecular complexity index is 1110. The van der Waals surface area contributed by atoms with Crippen molar-refractivity contribution in [2.75, 3.05) is 42.9 Å². The van der Waals surface area contributed by atoms with Crippen molar-refractivity contribution >= 4 is 17.3 Å². The monoisotopic (exact) mass is 422 g/mol. The van der Waals surface area contributed by atoms with E-state index in [9.17, 15) is 14.7 Å². The zero-order chi connectivity index (χ0) is 22.0. The highest BCUT2D eigenvalue weighted by Crippen LogP contribution is 2.18. The van der Waals surface area contributed by atoms with Crippen molar-refractivity contribution in [2.24, 2.45) is 7.05 Å². The van der Waals surface area contributed by atoms with Crippen LogP contribution < -0.4 is 20.7 Å². The minimum Gasteiger partial charge on any atom is -0.508 e. The molecule has 8 nitrogen and oxygen atoms in total. The van der Waals surface area contributed by atoms with Crippen LogP contribution in [0, 0.1) is 6.92 Å². The first-order chi connectivity index (χ1) is 14.9. The molecule has 8 heteroatoms. The number of aromatic nitrogens is 2. The van der Waals surface area contributed by atoms with Crippen LogP contribution in [0.3, 0.4) is 0 Å². The van der Waals surface area contributed by atoms with E-state index in [1.807, 2.05) is 56.4 Å². The predicted octanol–water partition coefficient (Wildman–Crippen LogP) is 0.534. The third-order valence-electron chi connectivity index (χ3n) is 5.91. The van der Waals surface area contributed by atoms with Crippen molar-refractivity contribution in [3.63, 3.8) is 0 Å². The number of benzene rings is 2. The van der Waals surface area contributed by atoms with Crippen molar-refractivity contribution in [3.05, 3.63) is 70.6 Å². The molecular formula is C23H28N5O3+. The fraction of sp³-hybridized carbons (Fsp3) is 0.304. The molecule has 162 valence electrons. The number of carbonyl (C=O) groups is 1. The number of rotatable bonds is 5. The number of para-hydroxylation sites is 1. The summed E-state index contributed by atoms with van der Waals surface area (Å²) in [5.74, 6) is 0.103. The quantitative estimate of drug-likeness (QED) is 0.560. The molecule has 2 heterocycles. The largest absolute Gasteiger partial charge is 0.508 e. The first-order valence-corrected chi connectivity index (χ1v) is 10.5. The van der Waals surface area contributed by atoms with Gasteiger partial charge in [0.1, 0.15) is 11.4 Å². The van der Waals surface area contributed by atoms with E-state index < -0.39 is 0 Å². The molecule has 4 rings (SSSR count). The molecule has 0 radical (unpaired) electrons. The molecule has 1 amide bonds. The maximum Gasteiger partial charge on any atom is 0.295 e. The first-order valence-electron chi connectivity index (χ1n) is 10.5. The molecular weight excluding hydrogens is 394 g/mol. The predicted molar refractivity (Wildman–Crippen MR) is 120 cm³/mol. The molecule has 3 N–H and O–H groups in total. The molecule has 1 aliphatic rings. The van der Waals surface area contributed by atoms with Gasteiger partial charge >= 0.3 is 0 Å². The summed E-state index contributed by atoms with van der Waals surface area (Å²) in [7, 11) is 1.81. The van der Waals surface area contributed by atoms with Gasteiger partial charge in [-0.25, -0.2) is 4.68 Å². The van der Waals surface area contributed by atoms with Crippen LogP contribution in [0.2, 0.25) is 0 Å². The van der Waals surface area contributed by atoms with E-state index in [0.29, 0.717) is 17.9 Å². The van der Waals surface area contributed by atoms with Gasteiger partial charge in [0, 0.05) is 12.7 Å². The average Bonchev–Trinajstić information content (AvgIpc) is 2.98. The normalized spacial score (nSPS) is 14.6. The van der Waals surface area contributed by atoms with Gasteiger partial charge in [0.15, 0.2) is 6.54 Å². The van der Waals surface area contributed by atoms with Gasteiger partial charge in [0.05, 0.1) is 37.6 Å². The maximum atomic E-state index is 13.0. The number of anilines is 2. The van der Waals surface area contributed by atoms with Crippen LogP contribution >= 0.6 is 0 Å². The van der Waals surface area contributed by atoms with Crippen LogP contribution in [0.1, 0.15) is 5.69 Å². The molecule has 1 aliphatic heterocycles. The lowest BCUT2D eigenvalue weighted by Crippen LogP contribution is -3.15. The molecule has 31 heavy (non-hydrogen) atoms. The molecule has 0 saturated carbocycles. The Kier molecular flexibility index (Phi) is 5.81. The van der Waals surface area contributed by atoms with Crippen molar-refractivity contribution in [1.29, 1.82) is 0 Å². The Hall–Kier alpha value is -3.52. The standard InChI is InChI=1S/C23H27N5O3/c1-17-22(23(31)28(25(17)2)19-6-4-3-5-7-19)24-21(30)16-26-12-14-27(15-13-26)18-8-10-20(29)11-9-18/h3-11,29H,12-16H2,1-2H3,(H,24,30)/p+1. The molecule has 1 saturated heterocycles. The Morgan fingerprint density at radius 2 is 1.68 bits per heavy atom. The zero-order valence-electron chi connectivity index (χ0n) is 17.8. The van der Waals surface area contributed by atoms with Crippen LogP contribution in [-0.4, -0.2) is 53.1 Å². The number of carbonyl (C=O) groups excluding carboxylic acids is 1. The van der Waals surface area contributed by atoms with Gasteiger partial charge in [0.25, 0.3) is 11.5 Å². The summed E-state index contributed by atoms with van der Waals surface area (Å²) < 4.78 is 3.32. The zero-order valence-corrected chi connectivity index (χ0v) is 17.8. The van der Waals surface area contributed by atoms with Gasteiger partial charge in [-0.3, -0.25) is 14.3 Å². The molecule has 0 aliphatic carbocycles. The highest BCUT2D eigenvalue weighted by Gasteiger charge is 2.24. The van der Waals surface area contributed by atoms with Gasteiger partial charge in [0.2, 0.25) is 0 Å². The second-order valence-corrected chi connectivity index (χ2v) is 7.91. The number of quaternary nitrogens is 1. The van der Waals surface area contributed by atoms with Crippen LogP contribution in [0.15, 0.2) is 59.4 Å². The molecule has 0 unspecified atom stereocenters. The van der Waals surface area contributed by atoms with E-state index in [1.54, 1.807) is 21.5 Å². The van der Waals surface area contributed by atoms with Gasteiger partial charge in [-0.1, -0.05) is 18.2 Å². The summed E-state index contributed by atoms with van der Waals surface area (Å²) in [5, 5.41) is 12.3. The second-order valence-electron chi connectivity index (χ2n) is 7.91. The number of hydrogen-bond acceptors (Lipinski definition) is 4. The Morgan fingerprint density at radius 3 is 2.32 bits per heavy atom. The average molecular weight is 423 g/mol. The van der Waals surface area contributed by atoms with E-state index in [4.69, 9.17) is 0 Å². The van der Waals surface area contributed by atoms with Crippen molar-refractivity contribution in [1.82, 2.24) is 9.36 Å². The van der Waals surface area contributed by atoms with E-state index in [2.05, 4.69) is 10.2 Å². The molecule has 1 fully saturated rings. The lowest BCUT2D eigenvalue weighted by atomic mass is 10.2. The van der Waals surface area contributed by atoms with E-state index in [1.165, 1.54) is 4.90 Å². The van der Waals surface area contributed by atoms with Crippen LogP contribution in [0.25, 0.3) is 5.69 Å². The molecule has 0 atom stereocenters. The highest BCUT2D eigenvalue weighted by atomic mass is 16.3. The summed E-state index contributed by atoms with van der Waals surface area (Å²) >= 11 is 0. The smallest absolute Gasteiger partial charge is 0.295 e. The van der Waals surface area contributed by atoms with Crippen molar-refractivity contribution < 1.29 is 14.8 Å². The fourth-order valence-corrected chi connectivity index (χ4v) is 4.04. The molecule has 2 aromatic carbocycles. The van der Waals surface area contributed by atoms with Crippen LogP contribution in [0.4, 0.5) is 11.4 Å². The lowest BCUT2D eigenvalue weighted by Gasteiger charge is -2.33. The molecule has 3 aromatic rings. The third kappa shape index (κ3) is 4.34. The number of aromatic hydroxyl groups is 1. The van der Waals surface area contributed by atoms with Gasteiger partial charge in [-0.15, -0.1) is 0 Å². The lowest BCUT2D eigenvalue weighted by molar-refractivity contribution is -0.892. The molecule has 1 aromatic heterocycles. The number of phenolic OH excluding ortho intramolecular Hbond substituents is 1. The minimum absolute atomic E-state index is 0.154. The Balaban J connectivity index is 1.39. The summed E-state index contributed by atoms with van der Waals surface area (Å²) in [5.41, 5.74) is 2.65. The first kappa shape index (κ1) is 20.7. The molecule has 0 bridgehead atoms. The van der Waals surface area contributed by atoms with Crippen molar-refractivity contribution in [2.45, 2.75) is 6.92 Å². The van der Waals surface area contributed by atoms with Gasteiger partial charge in [-0.05, 0) is 43.3 Å².